The van der Waals surface area contributed by atoms with Crippen LogP contribution in [0, 0.1) is 0 Å². The van der Waals surface area contributed by atoms with Crippen molar-refractivity contribution in [1.29, 1.82) is 0 Å². The number of hydrogen-bond donors (Lipinski definition) is 2. The first-order chi connectivity index (χ1) is 7.22. The Labute approximate surface area is 98.8 Å². The van der Waals surface area contributed by atoms with Crippen LogP contribution in [0.4, 0.5) is 5.69 Å². The number of benzene rings is 1. The minimum Gasteiger partial charge on any atom is -0.332 e. The second-order valence-electron chi connectivity index (χ2n) is 2.81. The van der Waals surface area contributed by atoms with Crippen LogP contribution in [0.25, 0.3) is 0 Å². The van der Waals surface area contributed by atoms with E-state index in [9.17, 15) is 4.79 Å². The van der Waals surface area contributed by atoms with Gasteiger partial charge in [-0.3, -0.25) is 4.79 Å². The molecule has 0 aliphatic carbocycles. The van der Waals surface area contributed by atoms with Gasteiger partial charge in [-0.2, -0.15) is 0 Å². The van der Waals surface area contributed by atoms with Gasteiger partial charge in [0.15, 0.2) is 5.11 Å². The summed E-state index contributed by atoms with van der Waals surface area (Å²) in [5, 5.41) is 5.70. The van der Waals surface area contributed by atoms with Crippen LogP contribution < -0.4 is 10.6 Å². The molecule has 15 heavy (non-hydrogen) atoms. The van der Waals surface area contributed by atoms with Crippen LogP contribution in [-0.2, 0) is 4.79 Å². The van der Waals surface area contributed by atoms with E-state index >= 15 is 0 Å². The molecule has 1 aromatic rings. The van der Waals surface area contributed by atoms with Crippen LogP contribution in [-0.4, -0.2) is 16.9 Å². The summed E-state index contributed by atoms with van der Waals surface area (Å²) in [7, 11) is 0. The Morgan fingerprint density at radius 3 is 2.60 bits per heavy atom. The third-order valence-corrected chi connectivity index (χ3v) is 2.00. The van der Waals surface area contributed by atoms with E-state index in [2.05, 4.69) is 10.6 Å². The third kappa shape index (κ3) is 4.76. The summed E-state index contributed by atoms with van der Waals surface area (Å²) in [6, 6.07) is 9.39. The number of hydrogen-bond acceptors (Lipinski definition) is 2. The molecule has 0 bridgehead atoms. The summed E-state index contributed by atoms with van der Waals surface area (Å²) in [5.74, 6) is 0.109. The molecule has 0 fully saturated rings. The SMILES string of the molecule is O=C(CCCl)NC(=S)Nc1ccccc1. The van der Waals surface area contributed by atoms with Crippen molar-refractivity contribution in [3.63, 3.8) is 0 Å². The molecule has 0 atom stereocenters. The molecule has 3 nitrogen and oxygen atoms in total. The second kappa shape index (κ2) is 6.37. The Kier molecular flexibility index (Phi) is 5.07. The van der Waals surface area contributed by atoms with Gasteiger partial charge in [0.1, 0.15) is 0 Å². The van der Waals surface area contributed by atoms with Crippen molar-refractivity contribution in [3.05, 3.63) is 30.3 Å². The largest absolute Gasteiger partial charge is 0.332 e. The number of carbonyl (C=O) groups excluding carboxylic acids is 1. The van der Waals surface area contributed by atoms with E-state index in [1.54, 1.807) is 0 Å². The van der Waals surface area contributed by atoms with Gasteiger partial charge >= 0.3 is 0 Å². The molecular weight excluding hydrogens is 232 g/mol. The van der Waals surface area contributed by atoms with Gasteiger partial charge in [0.2, 0.25) is 5.91 Å². The van der Waals surface area contributed by atoms with Crippen molar-refractivity contribution < 1.29 is 4.79 Å². The van der Waals surface area contributed by atoms with Gasteiger partial charge in [-0.25, -0.2) is 0 Å². The first-order valence-corrected chi connectivity index (χ1v) is 5.38. The maximum Gasteiger partial charge on any atom is 0.227 e. The van der Waals surface area contributed by atoms with Crippen LogP contribution in [0.15, 0.2) is 30.3 Å². The number of para-hydroxylation sites is 1. The molecule has 1 rings (SSSR count). The number of thiocarbonyl (C=S) groups is 1. The van der Waals surface area contributed by atoms with E-state index in [0.717, 1.165) is 5.69 Å². The predicted octanol–water partition coefficient (Wildman–Crippen LogP) is 2.13. The Hall–Kier alpha value is -1.13. The minimum absolute atomic E-state index is 0.182. The molecule has 0 saturated heterocycles. The van der Waals surface area contributed by atoms with Crippen LogP contribution in [0.5, 0.6) is 0 Å². The number of alkyl halides is 1. The molecular formula is C10H11ClN2OS. The molecule has 0 aliphatic rings. The van der Waals surface area contributed by atoms with Crippen LogP contribution >= 0.6 is 23.8 Å². The molecule has 0 unspecified atom stereocenters. The molecule has 80 valence electrons. The van der Waals surface area contributed by atoms with Crippen LogP contribution in [0.1, 0.15) is 6.42 Å². The van der Waals surface area contributed by atoms with Gasteiger partial charge in [-0.15, -0.1) is 11.6 Å². The fourth-order valence-electron chi connectivity index (χ4n) is 0.959. The summed E-state index contributed by atoms with van der Waals surface area (Å²) < 4.78 is 0. The van der Waals surface area contributed by atoms with Crippen molar-refractivity contribution in [2.24, 2.45) is 0 Å². The first-order valence-electron chi connectivity index (χ1n) is 4.44. The maximum absolute atomic E-state index is 11.1. The van der Waals surface area contributed by atoms with Crippen molar-refractivity contribution in [2.75, 3.05) is 11.2 Å². The lowest BCUT2D eigenvalue weighted by Gasteiger charge is -2.08. The van der Waals surface area contributed by atoms with E-state index in [1.807, 2.05) is 30.3 Å². The normalized spacial score (nSPS) is 9.40. The number of halogens is 1. The lowest BCUT2D eigenvalue weighted by molar-refractivity contribution is -0.119. The van der Waals surface area contributed by atoms with E-state index in [-0.39, 0.29) is 17.4 Å². The number of rotatable bonds is 3. The predicted molar refractivity (Wildman–Crippen MR) is 66.1 cm³/mol. The zero-order chi connectivity index (χ0) is 11.1. The topological polar surface area (TPSA) is 41.1 Å². The van der Waals surface area contributed by atoms with Gasteiger partial charge in [0, 0.05) is 18.0 Å². The van der Waals surface area contributed by atoms with E-state index in [1.165, 1.54) is 0 Å². The minimum atomic E-state index is -0.182. The Bertz CT molecular complexity index is 343. The van der Waals surface area contributed by atoms with Gasteiger partial charge in [0.25, 0.3) is 0 Å². The molecule has 0 spiro atoms. The fourth-order valence-corrected chi connectivity index (χ4v) is 1.36. The molecule has 0 aliphatic heterocycles. The maximum atomic E-state index is 11.1. The molecule has 0 heterocycles. The smallest absolute Gasteiger partial charge is 0.227 e. The molecule has 0 aromatic heterocycles. The molecule has 5 heteroatoms. The molecule has 1 aromatic carbocycles. The Morgan fingerprint density at radius 1 is 1.33 bits per heavy atom. The fraction of sp³-hybridized carbons (Fsp3) is 0.200. The zero-order valence-corrected chi connectivity index (χ0v) is 9.57. The Balaban J connectivity index is 2.40. The lowest BCUT2D eigenvalue weighted by Crippen LogP contribution is -2.34. The highest BCUT2D eigenvalue weighted by Crippen LogP contribution is 2.04. The summed E-state index contributed by atoms with van der Waals surface area (Å²) in [4.78, 5) is 11.1. The molecule has 0 saturated carbocycles. The van der Waals surface area contributed by atoms with Crippen LogP contribution in [0.3, 0.4) is 0 Å². The van der Waals surface area contributed by atoms with E-state index < -0.39 is 0 Å². The highest BCUT2D eigenvalue weighted by atomic mass is 35.5. The molecule has 1 amide bonds. The monoisotopic (exact) mass is 242 g/mol. The van der Waals surface area contributed by atoms with Crippen LogP contribution in [0.2, 0.25) is 0 Å². The molecule has 0 radical (unpaired) electrons. The average Bonchev–Trinajstić information content (AvgIpc) is 2.19. The van der Waals surface area contributed by atoms with Gasteiger partial charge < -0.3 is 10.6 Å². The van der Waals surface area contributed by atoms with E-state index in [4.69, 9.17) is 23.8 Å². The van der Waals surface area contributed by atoms with Gasteiger partial charge in [-0.1, -0.05) is 18.2 Å². The lowest BCUT2D eigenvalue weighted by atomic mass is 10.3. The zero-order valence-electron chi connectivity index (χ0n) is 8.00. The molecule has 2 N–H and O–H groups in total. The highest BCUT2D eigenvalue weighted by molar-refractivity contribution is 7.80. The highest BCUT2D eigenvalue weighted by Gasteiger charge is 2.02. The number of nitrogens with one attached hydrogen (secondary N) is 2. The average molecular weight is 243 g/mol. The van der Waals surface area contributed by atoms with Gasteiger partial charge in [-0.05, 0) is 24.4 Å². The Morgan fingerprint density at radius 2 is 2.00 bits per heavy atom. The van der Waals surface area contributed by atoms with Gasteiger partial charge in [0.05, 0.1) is 0 Å². The number of anilines is 1. The second-order valence-corrected chi connectivity index (χ2v) is 3.59. The summed E-state index contributed by atoms with van der Waals surface area (Å²) in [6.45, 7) is 0. The third-order valence-electron chi connectivity index (χ3n) is 1.61. The van der Waals surface area contributed by atoms with Crippen molar-refractivity contribution in [3.8, 4) is 0 Å². The summed E-state index contributed by atoms with van der Waals surface area (Å²) in [6.07, 6.45) is 0.262. The van der Waals surface area contributed by atoms with E-state index in [0.29, 0.717) is 5.88 Å². The van der Waals surface area contributed by atoms with Crippen molar-refractivity contribution >= 4 is 40.5 Å². The first kappa shape index (κ1) is 11.9. The quantitative estimate of drug-likeness (QED) is 0.630. The van der Waals surface area contributed by atoms with Crippen molar-refractivity contribution in [2.45, 2.75) is 6.42 Å². The number of carbonyl (C=O) groups is 1. The summed E-state index contributed by atoms with van der Waals surface area (Å²) >= 11 is 10.4. The number of amides is 1. The standard InChI is InChI=1S/C10H11ClN2OS/c11-7-6-9(14)13-10(15)12-8-4-2-1-3-5-8/h1-5H,6-7H2,(H2,12,13,14,15). The van der Waals surface area contributed by atoms with Crippen molar-refractivity contribution in [1.82, 2.24) is 5.32 Å². The summed E-state index contributed by atoms with van der Waals surface area (Å²) in [5.41, 5.74) is 0.841.